The molecule has 0 unspecified atom stereocenters. The monoisotopic (exact) mass is 242 g/mol. The van der Waals surface area contributed by atoms with E-state index < -0.39 is 5.97 Å². The van der Waals surface area contributed by atoms with Gasteiger partial charge in [-0.05, 0) is 30.2 Å². The number of aryl methyl sites for hydroxylation is 1. The Kier molecular flexibility index (Phi) is 3.57. The van der Waals surface area contributed by atoms with E-state index in [2.05, 4.69) is 5.10 Å². The van der Waals surface area contributed by atoms with Crippen LogP contribution in [0.3, 0.4) is 0 Å². The van der Waals surface area contributed by atoms with E-state index in [0.717, 1.165) is 29.4 Å². The number of rotatable bonds is 4. The number of carboxylic acid groups (broad SMARTS) is 1. The van der Waals surface area contributed by atoms with E-state index in [9.17, 15) is 4.79 Å². The van der Waals surface area contributed by atoms with Crippen molar-refractivity contribution in [3.05, 3.63) is 59.4 Å². The average Bonchev–Trinajstić information content (AvgIpc) is 2.74. The highest BCUT2D eigenvalue weighted by molar-refractivity contribution is 5.85. The summed E-state index contributed by atoms with van der Waals surface area (Å²) in [6.45, 7) is 2.73. The van der Waals surface area contributed by atoms with Crippen LogP contribution in [-0.2, 0) is 11.3 Å². The van der Waals surface area contributed by atoms with Gasteiger partial charge in [0.1, 0.15) is 0 Å². The molecule has 0 atom stereocenters. The first-order chi connectivity index (χ1) is 8.65. The van der Waals surface area contributed by atoms with Gasteiger partial charge in [0.05, 0.1) is 6.54 Å². The molecule has 0 saturated carbocycles. The smallest absolute Gasteiger partial charge is 0.328 e. The fourth-order valence-corrected chi connectivity index (χ4v) is 1.64. The minimum Gasteiger partial charge on any atom is -0.478 e. The zero-order chi connectivity index (χ0) is 13.0. The van der Waals surface area contributed by atoms with Crippen molar-refractivity contribution in [3.63, 3.8) is 0 Å². The molecule has 18 heavy (non-hydrogen) atoms. The number of aromatic nitrogens is 2. The van der Waals surface area contributed by atoms with Gasteiger partial charge in [-0.2, -0.15) is 5.10 Å². The van der Waals surface area contributed by atoms with E-state index in [1.165, 1.54) is 0 Å². The highest BCUT2D eigenvalue weighted by Crippen LogP contribution is 2.08. The third kappa shape index (κ3) is 3.07. The van der Waals surface area contributed by atoms with Gasteiger partial charge in [0.2, 0.25) is 0 Å². The summed E-state index contributed by atoms with van der Waals surface area (Å²) in [4.78, 5) is 10.4. The van der Waals surface area contributed by atoms with E-state index in [-0.39, 0.29) is 0 Å². The Balaban J connectivity index is 2.08. The molecule has 1 heterocycles. The van der Waals surface area contributed by atoms with Gasteiger partial charge in [-0.3, -0.25) is 4.68 Å². The summed E-state index contributed by atoms with van der Waals surface area (Å²) in [5, 5.41) is 12.8. The summed E-state index contributed by atoms with van der Waals surface area (Å²) in [5.74, 6) is -0.939. The number of hydrogen-bond donors (Lipinski definition) is 1. The number of aliphatic carboxylic acids is 1. The Morgan fingerprint density at radius 3 is 2.61 bits per heavy atom. The van der Waals surface area contributed by atoms with Gasteiger partial charge >= 0.3 is 5.97 Å². The van der Waals surface area contributed by atoms with Crippen LogP contribution in [0.2, 0.25) is 0 Å². The molecule has 1 aromatic heterocycles. The molecule has 0 bridgehead atoms. The first-order valence-corrected chi connectivity index (χ1v) is 5.63. The fraction of sp³-hybridized carbons (Fsp3) is 0.143. The largest absolute Gasteiger partial charge is 0.478 e. The lowest BCUT2D eigenvalue weighted by molar-refractivity contribution is -0.131. The van der Waals surface area contributed by atoms with Crippen LogP contribution in [0.15, 0.2) is 42.6 Å². The van der Waals surface area contributed by atoms with Crippen LogP contribution in [0.4, 0.5) is 0 Å². The quantitative estimate of drug-likeness (QED) is 0.837. The van der Waals surface area contributed by atoms with Crippen LogP contribution >= 0.6 is 0 Å². The average molecular weight is 242 g/mol. The van der Waals surface area contributed by atoms with Gasteiger partial charge in [0.25, 0.3) is 0 Å². The van der Waals surface area contributed by atoms with Crippen molar-refractivity contribution in [2.24, 2.45) is 0 Å². The molecule has 4 heteroatoms. The van der Waals surface area contributed by atoms with Crippen LogP contribution in [-0.4, -0.2) is 20.9 Å². The molecular weight excluding hydrogens is 228 g/mol. The first kappa shape index (κ1) is 12.1. The van der Waals surface area contributed by atoms with Gasteiger partial charge in [-0.25, -0.2) is 4.79 Å². The Labute approximate surface area is 105 Å². The van der Waals surface area contributed by atoms with E-state index in [1.54, 1.807) is 12.3 Å². The van der Waals surface area contributed by atoms with Gasteiger partial charge in [-0.1, -0.05) is 24.3 Å². The predicted octanol–water partition coefficient (Wildman–Crippen LogP) is 2.34. The lowest BCUT2D eigenvalue weighted by atomic mass is 10.1. The highest BCUT2D eigenvalue weighted by atomic mass is 16.4. The summed E-state index contributed by atoms with van der Waals surface area (Å²) in [7, 11) is 0. The summed E-state index contributed by atoms with van der Waals surface area (Å²) >= 11 is 0. The topological polar surface area (TPSA) is 55.1 Å². The van der Waals surface area contributed by atoms with E-state index in [4.69, 9.17) is 5.11 Å². The molecule has 0 amide bonds. The SMILES string of the molecule is Cc1ccnn1Cc1ccc(C=CC(=O)O)cc1. The Hall–Kier alpha value is -2.36. The first-order valence-electron chi connectivity index (χ1n) is 5.63. The molecule has 4 nitrogen and oxygen atoms in total. The van der Waals surface area contributed by atoms with Crippen molar-refractivity contribution in [1.29, 1.82) is 0 Å². The molecule has 2 aromatic rings. The Morgan fingerprint density at radius 2 is 2.06 bits per heavy atom. The maximum Gasteiger partial charge on any atom is 0.328 e. The van der Waals surface area contributed by atoms with Crippen molar-refractivity contribution in [2.45, 2.75) is 13.5 Å². The second kappa shape index (κ2) is 5.31. The number of nitrogens with zero attached hydrogens (tertiary/aromatic N) is 2. The van der Waals surface area contributed by atoms with E-state index in [0.29, 0.717) is 0 Å². The molecule has 0 aliphatic rings. The predicted molar refractivity (Wildman–Crippen MR) is 69.2 cm³/mol. The van der Waals surface area contributed by atoms with Gasteiger partial charge in [0, 0.05) is 18.0 Å². The van der Waals surface area contributed by atoms with Crippen molar-refractivity contribution in [1.82, 2.24) is 9.78 Å². The Morgan fingerprint density at radius 1 is 1.33 bits per heavy atom. The number of hydrogen-bond acceptors (Lipinski definition) is 2. The second-order valence-corrected chi connectivity index (χ2v) is 4.04. The van der Waals surface area contributed by atoms with E-state index >= 15 is 0 Å². The van der Waals surface area contributed by atoms with E-state index in [1.807, 2.05) is 41.9 Å². The van der Waals surface area contributed by atoms with Crippen molar-refractivity contribution >= 4 is 12.0 Å². The summed E-state index contributed by atoms with van der Waals surface area (Å²) < 4.78 is 1.92. The summed E-state index contributed by atoms with van der Waals surface area (Å²) in [5.41, 5.74) is 3.12. The second-order valence-electron chi connectivity index (χ2n) is 4.04. The zero-order valence-electron chi connectivity index (χ0n) is 10.1. The molecule has 1 aromatic carbocycles. The standard InChI is InChI=1S/C14H14N2O2/c1-11-8-9-15-16(11)10-13-4-2-12(3-5-13)6-7-14(17)18/h2-9H,10H2,1H3,(H,17,18). The van der Waals surface area contributed by atoms with Crippen LogP contribution in [0, 0.1) is 6.92 Å². The normalized spacial score (nSPS) is 10.9. The molecule has 92 valence electrons. The van der Waals surface area contributed by atoms with Crippen LogP contribution < -0.4 is 0 Å². The molecule has 0 saturated heterocycles. The molecule has 0 spiro atoms. The Bertz CT molecular complexity index is 568. The summed E-state index contributed by atoms with van der Waals surface area (Å²) in [6, 6.07) is 9.70. The molecule has 0 fully saturated rings. The lowest BCUT2D eigenvalue weighted by Crippen LogP contribution is -2.03. The lowest BCUT2D eigenvalue weighted by Gasteiger charge is -2.04. The maximum atomic E-state index is 10.4. The molecule has 0 aliphatic heterocycles. The molecule has 2 rings (SSSR count). The van der Waals surface area contributed by atoms with Crippen molar-refractivity contribution < 1.29 is 9.90 Å². The minimum absolute atomic E-state index is 0.724. The fourth-order valence-electron chi connectivity index (χ4n) is 1.64. The maximum absolute atomic E-state index is 10.4. The highest BCUT2D eigenvalue weighted by Gasteiger charge is 1.98. The number of benzene rings is 1. The minimum atomic E-state index is -0.939. The zero-order valence-corrected chi connectivity index (χ0v) is 10.1. The third-order valence-electron chi connectivity index (χ3n) is 2.66. The van der Waals surface area contributed by atoms with Crippen molar-refractivity contribution in [2.75, 3.05) is 0 Å². The van der Waals surface area contributed by atoms with Gasteiger partial charge in [-0.15, -0.1) is 0 Å². The van der Waals surface area contributed by atoms with Crippen LogP contribution in [0.1, 0.15) is 16.8 Å². The molecule has 0 radical (unpaired) electrons. The molecule has 0 aliphatic carbocycles. The third-order valence-corrected chi connectivity index (χ3v) is 2.66. The summed E-state index contributed by atoms with van der Waals surface area (Å²) in [6.07, 6.45) is 4.48. The molecular formula is C14H14N2O2. The van der Waals surface area contributed by atoms with Gasteiger partial charge in [0.15, 0.2) is 0 Å². The van der Waals surface area contributed by atoms with Crippen LogP contribution in [0.25, 0.3) is 6.08 Å². The van der Waals surface area contributed by atoms with Crippen molar-refractivity contribution in [3.8, 4) is 0 Å². The van der Waals surface area contributed by atoms with Crippen LogP contribution in [0.5, 0.6) is 0 Å². The molecule has 1 N–H and O–H groups in total. The number of carboxylic acids is 1. The number of carbonyl (C=O) groups is 1. The van der Waals surface area contributed by atoms with Gasteiger partial charge < -0.3 is 5.11 Å².